The average molecular weight is 340 g/mol. The van der Waals surface area contributed by atoms with E-state index in [1.54, 1.807) is 11.8 Å². The Labute approximate surface area is 138 Å². The number of benzene rings is 1. The first-order valence-corrected chi connectivity index (χ1v) is 8.69. The van der Waals surface area contributed by atoms with Crippen LogP contribution in [0.4, 0.5) is 0 Å². The minimum Gasteiger partial charge on any atom is -0.294 e. The van der Waals surface area contributed by atoms with E-state index in [1.165, 1.54) is 11.3 Å². The molecular formula is C15H15Cl2N3S. The number of halogens is 2. The third-order valence-corrected chi connectivity index (χ3v) is 4.74. The highest BCUT2D eigenvalue weighted by atomic mass is 35.5. The fourth-order valence-electron chi connectivity index (χ4n) is 2.49. The Kier molecular flexibility index (Phi) is 4.69. The second-order valence-corrected chi connectivity index (χ2v) is 6.64. The molecule has 1 aliphatic rings. The van der Waals surface area contributed by atoms with Crippen molar-refractivity contribution in [1.82, 2.24) is 14.9 Å². The van der Waals surface area contributed by atoms with E-state index in [1.807, 2.05) is 30.7 Å². The van der Waals surface area contributed by atoms with Crippen molar-refractivity contribution in [2.45, 2.75) is 24.7 Å². The van der Waals surface area contributed by atoms with Gasteiger partial charge in [0.2, 0.25) is 0 Å². The van der Waals surface area contributed by atoms with Crippen molar-refractivity contribution in [3.63, 3.8) is 0 Å². The number of fused-ring (bicyclic) bond motifs is 1. The van der Waals surface area contributed by atoms with Crippen molar-refractivity contribution in [2.75, 3.05) is 12.8 Å². The van der Waals surface area contributed by atoms with Crippen molar-refractivity contribution < 1.29 is 0 Å². The van der Waals surface area contributed by atoms with Crippen LogP contribution < -0.4 is 0 Å². The van der Waals surface area contributed by atoms with Gasteiger partial charge in [-0.05, 0) is 30.0 Å². The van der Waals surface area contributed by atoms with Crippen molar-refractivity contribution in [3.05, 3.63) is 51.3 Å². The van der Waals surface area contributed by atoms with E-state index in [0.29, 0.717) is 0 Å². The standard InChI is InChI=1S/C15H15Cl2N3S/c1-21-15-18-7-11-9-20(5-4-14(11)19-15)8-10-6-12(16)2-3-13(10)17/h2-3,6-7H,4-5,8-9H2,1H3. The van der Waals surface area contributed by atoms with E-state index < -0.39 is 0 Å². The highest BCUT2D eigenvalue weighted by molar-refractivity contribution is 7.98. The van der Waals surface area contributed by atoms with Gasteiger partial charge in [-0.25, -0.2) is 9.97 Å². The summed E-state index contributed by atoms with van der Waals surface area (Å²) in [5.41, 5.74) is 3.44. The van der Waals surface area contributed by atoms with Crippen molar-refractivity contribution in [1.29, 1.82) is 0 Å². The predicted molar refractivity (Wildman–Crippen MR) is 88.1 cm³/mol. The van der Waals surface area contributed by atoms with Crippen LogP contribution in [0.2, 0.25) is 10.0 Å². The molecule has 0 bridgehead atoms. The van der Waals surface area contributed by atoms with E-state index in [-0.39, 0.29) is 0 Å². The molecule has 0 amide bonds. The van der Waals surface area contributed by atoms with Crippen LogP contribution in [0.15, 0.2) is 29.6 Å². The number of thioether (sulfide) groups is 1. The third kappa shape index (κ3) is 3.51. The van der Waals surface area contributed by atoms with Gasteiger partial charge in [-0.15, -0.1) is 0 Å². The number of rotatable bonds is 3. The lowest BCUT2D eigenvalue weighted by atomic mass is 10.1. The van der Waals surface area contributed by atoms with Gasteiger partial charge < -0.3 is 0 Å². The smallest absolute Gasteiger partial charge is 0.187 e. The van der Waals surface area contributed by atoms with E-state index in [4.69, 9.17) is 23.2 Å². The summed E-state index contributed by atoms with van der Waals surface area (Å²) in [7, 11) is 0. The van der Waals surface area contributed by atoms with Crippen molar-refractivity contribution >= 4 is 35.0 Å². The topological polar surface area (TPSA) is 29.0 Å². The van der Waals surface area contributed by atoms with Crippen LogP contribution >= 0.6 is 35.0 Å². The summed E-state index contributed by atoms with van der Waals surface area (Å²) in [6, 6.07) is 5.61. The van der Waals surface area contributed by atoms with Gasteiger partial charge in [0, 0.05) is 47.9 Å². The SMILES string of the molecule is CSc1ncc2c(n1)CCN(Cc1cc(Cl)ccc1Cl)C2. The Morgan fingerprint density at radius 3 is 3.00 bits per heavy atom. The molecular weight excluding hydrogens is 325 g/mol. The van der Waals surface area contributed by atoms with Gasteiger partial charge in [-0.3, -0.25) is 4.90 Å². The van der Waals surface area contributed by atoms with Crippen molar-refractivity contribution in [2.24, 2.45) is 0 Å². The first-order chi connectivity index (χ1) is 10.2. The van der Waals surface area contributed by atoms with E-state index in [9.17, 15) is 0 Å². The molecule has 0 atom stereocenters. The zero-order valence-electron chi connectivity index (χ0n) is 11.6. The maximum Gasteiger partial charge on any atom is 0.187 e. The van der Waals surface area contributed by atoms with Crippen LogP contribution in [-0.4, -0.2) is 27.7 Å². The predicted octanol–water partition coefficient (Wildman–Crippen LogP) is 4.06. The molecule has 0 fully saturated rings. The first-order valence-electron chi connectivity index (χ1n) is 6.71. The lowest BCUT2D eigenvalue weighted by molar-refractivity contribution is 0.242. The van der Waals surface area contributed by atoms with Gasteiger partial charge in [0.1, 0.15) is 0 Å². The molecule has 3 nitrogen and oxygen atoms in total. The lowest BCUT2D eigenvalue weighted by Crippen LogP contribution is -2.31. The van der Waals surface area contributed by atoms with Crippen LogP contribution in [0.1, 0.15) is 16.8 Å². The molecule has 3 rings (SSSR count). The highest BCUT2D eigenvalue weighted by Crippen LogP contribution is 2.25. The summed E-state index contributed by atoms with van der Waals surface area (Å²) in [6.45, 7) is 2.62. The molecule has 0 saturated carbocycles. The lowest BCUT2D eigenvalue weighted by Gasteiger charge is -2.28. The van der Waals surface area contributed by atoms with E-state index >= 15 is 0 Å². The molecule has 2 aromatic rings. The maximum absolute atomic E-state index is 6.24. The molecule has 0 saturated heterocycles. The normalized spacial score (nSPS) is 15.0. The molecule has 1 aromatic heterocycles. The van der Waals surface area contributed by atoms with Gasteiger partial charge >= 0.3 is 0 Å². The number of aromatic nitrogens is 2. The van der Waals surface area contributed by atoms with Crippen LogP contribution in [0.25, 0.3) is 0 Å². The van der Waals surface area contributed by atoms with Crippen molar-refractivity contribution in [3.8, 4) is 0 Å². The number of hydrogen-bond acceptors (Lipinski definition) is 4. The highest BCUT2D eigenvalue weighted by Gasteiger charge is 2.19. The Bertz CT molecular complexity index is 663. The quantitative estimate of drug-likeness (QED) is 0.622. The number of nitrogens with zero attached hydrogens (tertiary/aromatic N) is 3. The van der Waals surface area contributed by atoms with Gasteiger partial charge in [0.15, 0.2) is 5.16 Å². The van der Waals surface area contributed by atoms with Gasteiger partial charge in [0.25, 0.3) is 0 Å². The monoisotopic (exact) mass is 339 g/mol. The maximum atomic E-state index is 6.24. The summed E-state index contributed by atoms with van der Waals surface area (Å²) < 4.78 is 0. The molecule has 0 radical (unpaired) electrons. The molecule has 110 valence electrons. The molecule has 6 heteroatoms. The fourth-order valence-corrected chi connectivity index (χ4v) is 3.23. The van der Waals surface area contributed by atoms with E-state index in [0.717, 1.165) is 46.8 Å². The zero-order valence-corrected chi connectivity index (χ0v) is 14.0. The average Bonchev–Trinajstić information content (AvgIpc) is 2.50. The van der Waals surface area contributed by atoms with Crippen LogP contribution in [0.3, 0.4) is 0 Å². The summed E-state index contributed by atoms with van der Waals surface area (Å²) in [5, 5.41) is 2.33. The number of hydrogen-bond donors (Lipinski definition) is 0. The molecule has 2 heterocycles. The van der Waals surface area contributed by atoms with Crippen LogP contribution in [-0.2, 0) is 19.5 Å². The molecule has 21 heavy (non-hydrogen) atoms. The second kappa shape index (κ2) is 6.53. The van der Waals surface area contributed by atoms with Crippen LogP contribution in [0.5, 0.6) is 0 Å². The van der Waals surface area contributed by atoms with Gasteiger partial charge in [-0.1, -0.05) is 35.0 Å². The Balaban J connectivity index is 1.76. The molecule has 0 N–H and O–H groups in total. The Hall–Kier alpha value is -0.810. The van der Waals surface area contributed by atoms with Gasteiger partial charge in [-0.2, -0.15) is 0 Å². The summed E-state index contributed by atoms with van der Waals surface area (Å²) >= 11 is 13.9. The fraction of sp³-hybridized carbons (Fsp3) is 0.333. The molecule has 1 aromatic carbocycles. The summed E-state index contributed by atoms with van der Waals surface area (Å²) in [6.07, 6.45) is 4.89. The minimum absolute atomic E-state index is 0.722. The molecule has 0 aliphatic carbocycles. The molecule has 0 spiro atoms. The second-order valence-electron chi connectivity index (χ2n) is 5.03. The third-order valence-electron chi connectivity index (χ3n) is 3.58. The largest absolute Gasteiger partial charge is 0.294 e. The minimum atomic E-state index is 0.722. The molecule has 1 aliphatic heterocycles. The summed E-state index contributed by atoms with van der Waals surface area (Å²) in [4.78, 5) is 11.3. The Morgan fingerprint density at radius 2 is 2.19 bits per heavy atom. The first kappa shape index (κ1) is 15.1. The zero-order chi connectivity index (χ0) is 14.8. The summed E-state index contributed by atoms with van der Waals surface area (Å²) in [5.74, 6) is 0. The Morgan fingerprint density at radius 1 is 1.33 bits per heavy atom. The van der Waals surface area contributed by atoms with E-state index in [2.05, 4.69) is 14.9 Å². The van der Waals surface area contributed by atoms with Gasteiger partial charge in [0.05, 0.1) is 5.69 Å². The van der Waals surface area contributed by atoms with Crippen LogP contribution in [0, 0.1) is 0 Å². The molecule has 0 unspecified atom stereocenters.